The Balaban J connectivity index is 1.53. The van der Waals surface area contributed by atoms with Crippen molar-refractivity contribution in [2.24, 2.45) is 4.99 Å². The molecule has 0 bridgehead atoms. The van der Waals surface area contributed by atoms with E-state index in [4.69, 9.17) is 4.74 Å². The number of morpholine rings is 1. The molecule has 1 fully saturated rings. The first-order valence-corrected chi connectivity index (χ1v) is 8.07. The minimum atomic E-state index is -0.429. The third kappa shape index (κ3) is 3.66. The molecular weight excluding hydrogens is 302 g/mol. The van der Waals surface area contributed by atoms with Gasteiger partial charge in [0.25, 0.3) is 5.91 Å². The highest BCUT2D eigenvalue weighted by Gasteiger charge is 2.33. The number of carbonyl (C=O) groups is 2. The number of ether oxygens (including phenoxy) is 1. The molecule has 3 rings (SSSR count). The van der Waals surface area contributed by atoms with Gasteiger partial charge < -0.3 is 15.0 Å². The van der Waals surface area contributed by atoms with Crippen LogP contribution in [0.5, 0.6) is 0 Å². The average Bonchev–Trinajstić information content (AvgIpc) is 2.90. The van der Waals surface area contributed by atoms with E-state index in [1.54, 1.807) is 0 Å². The number of benzene rings is 1. The topological polar surface area (TPSA) is 71.0 Å². The summed E-state index contributed by atoms with van der Waals surface area (Å²) < 4.78 is 5.29. The van der Waals surface area contributed by atoms with Crippen LogP contribution in [-0.4, -0.2) is 53.4 Å². The molecule has 6 nitrogen and oxygen atoms in total. The average molecular weight is 319 g/mol. The molecular formula is C15H17N3O3S. The van der Waals surface area contributed by atoms with Crippen molar-refractivity contribution in [2.75, 3.05) is 31.6 Å². The van der Waals surface area contributed by atoms with Gasteiger partial charge >= 0.3 is 0 Å². The fraction of sp³-hybridized carbons (Fsp3) is 0.400. The number of amides is 2. The van der Waals surface area contributed by atoms with Crippen molar-refractivity contribution in [3.05, 3.63) is 30.3 Å². The number of thioether (sulfide) groups is 1. The van der Waals surface area contributed by atoms with Crippen molar-refractivity contribution >= 4 is 34.4 Å². The second kappa shape index (κ2) is 6.93. The van der Waals surface area contributed by atoms with Crippen LogP contribution >= 0.6 is 11.8 Å². The molecule has 116 valence electrons. The van der Waals surface area contributed by atoms with Crippen LogP contribution in [0.4, 0.5) is 5.69 Å². The fourth-order valence-electron chi connectivity index (χ4n) is 2.30. The molecule has 1 N–H and O–H groups in total. The van der Waals surface area contributed by atoms with Gasteiger partial charge in [-0.2, -0.15) is 4.99 Å². The molecule has 2 heterocycles. The summed E-state index contributed by atoms with van der Waals surface area (Å²) in [5.74, 6) is -0.398. The molecule has 2 amide bonds. The smallest absolute Gasteiger partial charge is 0.262 e. The predicted octanol–water partition coefficient (Wildman–Crippen LogP) is 1.35. The molecule has 1 saturated heterocycles. The molecule has 0 aliphatic carbocycles. The zero-order valence-corrected chi connectivity index (χ0v) is 12.8. The van der Waals surface area contributed by atoms with Gasteiger partial charge in [-0.05, 0) is 12.1 Å². The number of carbonyl (C=O) groups excluding carboxylic acids is 2. The molecule has 0 saturated carbocycles. The highest BCUT2D eigenvalue weighted by atomic mass is 32.2. The lowest BCUT2D eigenvalue weighted by atomic mass is 10.2. The summed E-state index contributed by atoms with van der Waals surface area (Å²) in [7, 11) is 0. The number of rotatable bonds is 3. The third-order valence-corrected chi connectivity index (χ3v) is 4.65. The molecule has 0 aromatic heterocycles. The number of hydrogen-bond donors (Lipinski definition) is 1. The van der Waals surface area contributed by atoms with E-state index in [-0.39, 0.29) is 18.2 Å². The lowest BCUT2D eigenvalue weighted by Gasteiger charge is -2.27. The maximum atomic E-state index is 12.0. The van der Waals surface area contributed by atoms with E-state index in [0.717, 1.165) is 18.8 Å². The fourth-order valence-corrected chi connectivity index (χ4v) is 3.42. The Bertz CT molecular complexity index is 585. The van der Waals surface area contributed by atoms with E-state index >= 15 is 0 Å². The van der Waals surface area contributed by atoms with Crippen LogP contribution < -0.4 is 5.32 Å². The Morgan fingerprint density at radius 1 is 1.32 bits per heavy atom. The highest BCUT2D eigenvalue weighted by molar-refractivity contribution is 8.15. The van der Waals surface area contributed by atoms with Gasteiger partial charge in [0.15, 0.2) is 5.17 Å². The first kappa shape index (κ1) is 15.1. The van der Waals surface area contributed by atoms with Gasteiger partial charge in [0.1, 0.15) is 5.25 Å². The van der Waals surface area contributed by atoms with Gasteiger partial charge in [0, 0.05) is 25.2 Å². The molecule has 0 unspecified atom stereocenters. The quantitative estimate of drug-likeness (QED) is 0.910. The second-order valence-corrected chi connectivity index (χ2v) is 6.23. The summed E-state index contributed by atoms with van der Waals surface area (Å²) in [6.07, 6.45) is 0.135. The number of amidine groups is 1. The van der Waals surface area contributed by atoms with Gasteiger partial charge in [-0.3, -0.25) is 9.59 Å². The largest absolute Gasteiger partial charge is 0.378 e. The van der Waals surface area contributed by atoms with Crippen LogP contribution in [0, 0.1) is 0 Å². The summed E-state index contributed by atoms with van der Waals surface area (Å²) in [6.45, 7) is 2.77. The van der Waals surface area contributed by atoms with E-state index < -0.39 is 5.25 Å². The number of nitrogens with zero attached hydrogens (tertiary/aromatic N) is 2. The Kier molecular flexibility index (Phi) is 4.74. The van der Waals surface area contributed by atoms with Crippen LogP contribution in [0.25, 0.3) is 0 Å². The summed E-state index contributed by atoms with van der Waals surface area (Å²) in [4.78, 5) is 30.1. The summed E-state index contributed by atoms with van der Waals surface area (Å²) >= 11 is 1.37. The van der Waals surface area contributed by atoms with E-state index in [1.165, 1.54) is 11.8 Å². The lowest BCUT2D eigenvalue weighted by Crippen LogP contribution is -2.39. The maximum absolute atomic E-state index is 12.0. The number of aliphatic imine (C=N–C) groups is 1. The molecule has 22 heavy (non-hydrogen) atoms. The SMILES string of the molecule is O=C(C[C@@H]1SC(N2CCOCC2)=NC1=O)Nc1ccccc1. The second-order valence-electron chi connectivity index (χ2n) is 5.06. The molecule has 7 heteroatoms. The van der Waals surface area contributed by atoms with Gasteiger partial charge in [-0.15, -0.1) is 0 Å². The third-order valence-electron chi connectivity index (χ3n) is 3.44. The highest BCUT2D eigenvalue weighted by Crippen LogP contribution is 2.27. The number of nitrogens with one attached hydrogen (secondary N) is 1. The van der Waals surface area contributed by atoms with Crippen LogP contribution in [0.3, 0.4) is 0 Å². The maximum Gasteiger partial charge on any atom is 0.262 e. The van der Waals surface area contributed by atoms with E-state index in [0.29, 0.717) is 18.4 Å². The number of anilines is 1. The monoisotopic (exact) mass is 319 g/mol. The Hall–Kier alpha value is -1.86. The van der Waals surface area contributed by atoms with Crippen molar-refractivity contribution in [2.45, 2.75) is 11.7 Å². The van der Waals surface area contributed by atoms with E-state index in [2.05, 4.69) is 10.3 Å². The van der Waals surface area contributed by atoms with Crippen LogP contribution in [0.2, 0.25) is 0 Å². The van der Waals surface area contributed by atoms with E-state index in [9.17, 15) is 9.59 Å². The predicted molar refractivity (Wildman–Crippen MR) is 85.9 cm³/mol. The van der Waals surface area contributed by atoms with Crippen molar-refractivity contribution in [3.8, 4) is 0 Å². The number of hydrogen-bond acceptors (Lipinski definition) is 5. The molecule has 1 atom stereocenters. The normalized spacial score (nSPS) is 21.6. The van der Waals surface area contributed by atoms with Gasteiger partial charge in [-0.25, -0.2) is 0 Å². The minimum absolute atomic E-state index is 0.135. The first-order valence-electron chi connectivity index (χ1n) is 7.19. The van der Waals surface area contributed by atoms with Crippen molar-refractivity contribution < 1.29 is 14.3 Å². The zero-order chi connectivity index (χ0) is 15.4. The molecule has 2 aliphatic heterocycles. The van der Waals surface area contributed by atoms with E-state index in [1.807, 2.05) is 35.2 Å². The van der Waals surface area contributed by atoms with Crippen molar-refractivity contribution in [1.82, 2.24) is 4.90 Å². The van der Waals surface area contributed by atoms with Crippen molar-refractivity contribution in [3.63, 3.8) is 0 Å². The lowest BCUT2D eigenvalue weighted by molar-refractivity contribution is -0.121. The Morgan fingerprint density at radius 2 is 2.05 bits per heavy atom. The Morgan fingerprint density at radius 3 is 2.77 bits per heavy atom. The van der Waals surface area contributed by atoms with Gasteiger partial charge in [0.2, 0.25) is 5.91 Å². The molecule has 1 aromatic rings. The molecule has 0 spiro atoms. The summed E-state index contributed by atoms with van der Waals surface area (Å²) in [6, 6.07) is 9.22. The molecule has 2 aliphatic rings. The molecule has 0 radical (unpaired) electrons. The van der Waals surface area contributed by atoms with Crippen LogP contribution in [0.1, 0.15) is 6.42 Å². The molecule has 1 aromatic carbocycles. The zero-order valence-electron chi connectivity index (χ0n) is 12.0. The summed E-state index contributed by atoms with van der Waals surface area (Å²) in [5.41, 5.74) is 0.734. The van der Waals surface area contributed by atoms with Gasteiger partial charge in [0.05, 0.1) is 13.2 Å². The van der Waals surface area contributed by atoms with Crippen molar-refractivity contribution in [1.29, 1.82) is 0 Å². The van der Waals surface area contributed by atoms with Crippen LogP contribution in [-0.2, 0) is 14.3 Å². The Labute approximate surface area is 132 Å². The first-order chi connectivity index (χ1) is 10.7. The standard InChI is InChI=1S/C15H17N3O3S/c19-13(16-11-4-2-1-3-5-11)10-12-14(20)17-15(22-12)18-6-8-21-9-7-18/h1-5,12H,6-10H2,(H,16,19)/t12-/m0/s1. The van der Waals surface area contributed by atoms with Crippen LogP contribution in [0.15, 0.2) is 35.3 Å². The minimum Gasteiger partial charge on any atom is -0.378 e. The van der Waals surface area contributed by atoms with Gasteiger partial charge in [-0.1, -0.05) is 30.0 Å². The number of para-hydroxylation sites is 1. The summed E-state index contributed by atoms with van der Waals surface area (Å²) in [5, 5.41) is 3.08.